The van der Waals surface area contributed by atoms with Crippen molar-refractivity contribution < 1.29 is 28.3 Å². The Kier molecular flexibility index (Phi) is 13.9. The lowest BCUT2D eigenvalue weighted by Gasteiger charge is -2.22. The number of aromatic nitrogens is 1. The van der Waals surface area contributed by atoms with Gasteiger partial charge in [-0.15, -0.1) is 0 Å². The SMILES string of the molecule is C=Cc1c[nH]c(=O)s1.CCCCC/C=C\C1CC1C(=O)O.NC(=O)C1CCCN1C(=O)CNc1cc(F)cc(F)c1. The number of carboxylic acids is 1. The molecule has 3 atom stereocenters. The maximum Gasteiger partial charge on any atom is 0.307 e. The molecule has 1 aromatic carbocycles. The number of amides is 2. The summed E-state index contributed by atoms with van der Waals surface area (Å²) < 4.78 is 26.0. The van der Waals surface area contributed by atoms with Gasteiger partial charge in [0.2, 0.25) is 11.8 Å². The van der Waals surface area contributed by atoms with Gasteiger partial charge in [0.05, 0.1) is 12.5 Å². The zero-order valence-corrected chi connectivity index (χ0v) is 23.9. The number of nitrogens with zero attached hydrogens (tertiary/aromatic N) is 1. The summed E-state index contributed by atoms with van der Waals surface area (Å²) in [7, 11) is 0. The highest BCUT2D eigenvalue weighted by Crippen LogP contribution is 2.39. The number of carbonyl (C=O) groups is 3. The van der Waals surface area contributed by atoms with E-state index in [0.29, 0.717) is 25.3 Å². The molecule has 1 aromatic heterocycles. The second-order valence-corrected chi connectivity index (χ2v) is 10.8. The molecule has 4 rings (SSSR count). The number of allylic oxidation sites excluding steroid dienone is 2. The Balaban J connectivity index is 0.000000239. The standard InChI is InChI=1S/C13H15F2N3O2.C11H18O2.C5H5NOS/c14-8-4-9(15)6-10(5-8)17-7-12(19)18-3-1-2-11(18)13(16)20;1-2-3-4-5-6-7-9-8-10(9)11(12)13;1-2-4-3-6-5(7)8-4/h4-6,11,17H,1-3,7H2,(H2,16,20);6-7,9-10H,2-5,8H2,1H3,(H,12,13);2-3H,1H2,(H,6,7)/b;7-6-;. The fourth-order valence-corrected chi connectivity index (χ4v) is 4.72. The van der Waals surface area contributed by atoms with Crippen LogP contribution in [0.3, 0.4) is 0 Å². The van der Waals surface area contributed by atoms with Crippen molar-refractivity contribution in [3.8, 4) is 0 Å². The highest BCUT2D eigenvalue weighted by molar-refractivity contribution is 7.10. The average Bonchev–Trinajstić information content (AvgIpc) is 3.30. The molecule has 2 aliphatic rings. The lowest BCUT2D eigenvalue weighted by atomic mass is 10.2. The molecule has 2 heterocycles. The third-order valence-electron chi connectivity index (χ3n) is 6.47. The largest absolute Gasteiger partial charge is 0.481 e. The fraction of sp³-hybridized carbons (Fsp3) is 0.448. The van der Waals surface area contributed by atoms with Gasteiger partial charge >= 0.3 is 10.8 Å². The van der Waals surface area contributed by atoms with Crippen LogP contribution in [0.5, 0.6) is 0 Å². The number of unbranched alkanes of at least 4 members (excludes halogenated alkanes) is 3. The van der Waals surface area contributed by atoms with Crippen LogP contribution < -0.4 is 15.9 Å². The summed E-state index contributed by atoms with van der Waals surface area (Å²) in [5.74, 6) is -2.69. The summed E-state index contributed by atoms with van der Waals surface area (Å²) in [6, 6.07) is 2.34. The molecule has 1 aliphatic carbocycles. The van der Waals surface area contributed by atoms with E-state index in [2.05, 4.69) is 36.0 Å². The molecule has 41 heavy (non-hydrogen) atoms. The summed E-state index contributed by atoms with van der Waals surface area (Å²) in [5.41, 5.74) is 5.39. The Morgan fingerprint density at radius 3 is 2.46 bits per heavy atom. The monoisotopic (exact) mass is 592 g/mol. The van der Waals surface area contributed by atoms with Crippen LogP contribution in [-0.2, 0) is 14.4 Å². The molecule has 0 bridgehead atoms. The van der Waals surface area contributed by atoms with E-state index >= 15 is 0 Å². The van der Waals surface area contributed by atoms with Gasteiger partial charge in [-0.25, -0.2) is 8.78 Å². The molecule has 12 heteroatoms. The van der Waals surface area contributed by atoms with E-state index in [1.54, 1.807) is 12.3 Å². The number of H-pyrrole nitrogens is 1. The lowest BCUT2D eigenvalue weighted by Crippen LogP contribution is -2.45. The molecule has 2 aromatic rings. The van der Waals surface area contributed by atoms with Gasteiger partial charge < -0.3 is 26.0 Å². The van der Waals surface area contributed by atoms with Crippen LogP contribution >= 0.6 is 11.3 Å². The van der Waals surface area contributed by atoms with Gasteiger partial charge in [-0.3, -0.25) is 19.2 Å². The maximum absolute atomic E-state index is 13.0. The van der Waals surface area contributed by atoms with E-state index in [4.69, 9.17) is 10.8 Å². The molecule has 0 radical (unpaired) electrons. The number of primary amides is 1. The Morgan fingerprint density at radius 1 is 1.24 bits per heavy atom. The molecular formula is C29H38F2N4O5S. The van der Waals surface area contributed by atoms with Gasteiger partial charge in [0.25, 0.3) is 0 Å². The molecule has 3 unspecified atom stereocenters. The number of aliphatic carboxylic acids is 1. The van der Waals surface area contributed by atoms with Crippen LogP contribution in [0.15, 0.2) is 47.9 Å². The summed E-state index contributed by atoms with van der Waals surface area (Å²) in [6.45, 7) is 6.00. The van der Waals surface area contributed by atoms with Crippen molar-refractivity contribution in [2.45, 2.75) is 57.9 Å². The average molecular weight is 593 g/mol. The number of aromatic amines is 1. The number of nitrogens with one attached hydrogen (secondary N) is 2. The molecule has 1 aliphatic heterocycles. The number of halogens is 2. The maximum atomic E-state index is 13.0. The Labute approximate surface area is 242 Å². The van der Waals surface area contributed by atoms with Gasteiger partial charge in [-0.1, -0.05) is 55.9 Å². The lowest BCUT2D eigenvalue weighted by molar-refractivity contribution is -0.138. The number of hydrogen-bond donors (Lipinski definition) is 4. The van der Waals surface area contributed by atoms with Crippen LogP contribution in [0.25, 0.3) is 6.08 Å². The summed E-state index contributed by atoms with van der Waals surface area (Å²) in [6.07, 6.45) is 14.5. The predicted octanol–water partition coefficient (Wildman–Crippen LogP) is 4.78. The Bertz CT molecular complexity index is 1240. The van der Waals surface area contributed by atoms with E-state index in [0.717, 1.165) is 47.3 Å². The molecule has 9 nitrogen and oxygen atoms in total. The third kappa shape index (κ3) is 12.1. The molecular weight excluding hydrogens is 554 g/mol. The number of carboxylic acid groups (broad SMARTS) is 1. The fourth-order valence-electron chi connectivity index (χ4n) is 4.19. The zero-order valence-electron chi connectivity index (χ0n) is 23.1. The number of likely N-dealkylation sites (tertiary alicyclic amines) is 1. The van der Waals surface area contributed by atoms with E-state index < -0.39 is 29.6 Å². The van der Waals surface area contributed by atoms with Gasteiger partial charge in [-0.05, 0) is 50.2 Å². The van der Waals surface area contributed by atoms with E-state index in [-0.39, 0.29) is 28.9 Å². The highest BCUT2D eigenvalue weighted by atomic mass is 32.1. The second-order valence-electron chi connectivity index (χ2n) is 9.71. The molecule has 5 N–H and O–H groups in total. The number of anilines is 1. The summed E-state index contributed by atoms with van der Waals surface area (Å²) in [5, 5.41) is 11.3. The van der Waals surface area contributed by atoms with Crippen LogP contribution in [0.1, 0.15) is 56.7 Å². The van der Waals surface area contributed by atoms with Crippen molar-refractivity contribution in [2.24, 2.45) is 17.6 Å². The predicted molar refractivity (Wildman–Crippen MR) is 156 cm³/mol. The number of carbonyl (C=O) groups excluding carboxylic acids is 2. The summed E-state index contributed by atoms with van der Waals surface area (Å²) >= 11 is 1.16. The van der Waals surface area contributed by atoms with Crippen molar-refractivity contribution in [1.29, 1.82) is 0 Å². The van der Waals surface area contributed by atoms with Crippen LogP contribution in [0.2, 0.25) is 0 Å². The van der Waals surface area contributed by atoms with Crippen molar-refractivity contribution in [2.75, 3.05) is 18.4 Å². The van der Waals surface area contributed by atoms with Crippen molar-refractivity contribution >= 4 is 40.9 Å². The first-order chi connectivity index (χ1) is 19.5. The van der Waals surface area contributed by atoms with Crippen LogP contribution in [-0.4, -0.2) is 51.9 Å². The van der Waals surface area contributed by atoms with Gasteiger partial charge in [0, 0.05) is 29.4 Å². The molecule has 1 saturated carbocycles. The van der Waals surface area contributed by atoms with Crippen LogP contribution in [0.4, 0.5) is 14.5 Å². The van der Waals surface area contributed by atoms with Crippen molar-refractivity contribution in [3.63, 3.8) is 0 Å². The number of rotatable bonds is 11. The summed E-state index contributed by atoms with van der Waals surface area (Å²) in [4.78, 5) is 48.8. The highest BCUT2D eigenvalue weighted by Gasteiger charge is 2.40. The minimum Gasteiger partial charge on any atom is -0.481 e. The van der Waals surface area contributed by atoms with Crippen molar-refractivity contribution in [3.05, 3.63) is 69.3 Å². The normalized spacial score (nSPS) is 19.0. The first kappa shape index (κ1) is 33.4. The molecule has 1 saturated heterocycles. The third-order valence-corrected chi connectivity index (χ3v) is 7.29. The zero-order chi connectivity index (χ0) is 30.4. The number of hydrogen-bond acceptors (Lipinski definition) is 6. The van der Waals surface area contributed by atoms with Gasteiger partial charge in [-0.2, -0.15) is 0 Å². The van der Waals surface area contributed by atoms with E-state index in [1.165, 1.54) is 24.2 Å². The first-order valence-electron chi connectivity index (χ1n) is 13.5. The molecule has 2 fully saturated rings. The molecule has 0 spiro atoms. The molecule has 224 valence electrons. The van der Waals surface area contributed by atoms with E-state index in [9.17, 15) is 28.0 Å². The quantitative estimate of drug-likeness (QED) is 0.218. The smallest absolute Gasteiger partial charge is 0.307 e. The minimum atomic E-state index is -0.726. The van der Waals surface area contributed by atoms with Gasteiger partial charge in [0.15, 0.2) is 0 Å². The van der Waals surface area contributed by atoms with Crippen molar-refractivity contribution in [1.82, 2.24) is 9.88 Å². The Hall–Kier alpha value is -3.80. The van der Waals surface area contributed by atoms with E-state index in [1.807, 2.05) is 0 Å². The van der Waals surface area contributed by atoms with Gasteiger partial charge in [0.1, 0.15) is 17.7 Å². The number of benzene rings is 1. The molecule has 2 amide bonds. The van der Waals surface area contributed by atoms with Crippen LogP contribution in [0, 0.1) is 23.5 Å². The number of thiazole rings is 1. The number of nitrogens with two attached hydrogens (primary N) is 1. The Morgan fingerprint density at radius 2 is 1.95 bits per heavy atom. The first-order valence-corrected chi connectivity index (χ1v) is 14.4. The minimum absolute atomic E-state index is 0.0279. The topological polar surface area (TPSA) is 146 Å². The second kappa shape index (κ2) is 17.1.